The number of benzene rings is 1. The lowest BCUT2D eigenvalue weighted by Gasteiger charge is -2.21. The van der Waals surface area contributed by atoms with Gasteiger partial charge in [0.2, 0.25) is 0 Å². The number of hydrogen-bond donors (Lipinski definition) is 1. The molecule has 1 unspecified atom stereocenters. The van der Waals surface area contributed by atoms with Crippen LogP contribution < -0.4 is 5.32 Å². The predicted molar refractivity (Wildman–Crippen MR) is 115 cm³/mol. The van der Waals surface area contributed by atoms with Crippen molar-refractivity contribution in [3.05, 3.63) is 40.8 Å². The van der Waals surface area contributed by atoms with Crippen molar-refractivity contribution in [3.8, 4) is 23.0 Å². The van der Waals surface area contributed by atoms with Gasteiger partial charge in [-0.3, -0.25) is 0 Å². The molecule has 0 radical (unpaired) electrons. The molecule has 178 valence electrons. The lowest BCUT2D eigenvalue weighted by atomic mass is 10.0. The second kappa shape index (κ2) is 8.06. The van der Waals surface area contributed by atoms with E-state index in [1.54, 1.807) is 0 Å². The van der Waals surface area contributed by atoms with E-state index in [-0.39, 0.29) is 23.1 Å². The van der Waals surface area contributed by atoms with Crippen LogP contribution >= 0.6 is 11.6 Å². The fourth-order valence-electron chi connectivity index (χ4n) is 4.46. The van der Waals surface area contributed by atoms with E-state index in [9.17, 15) is 13.2 Å². The molecule has 4 atom stereocenters. The van der Waals surface area contributed by atoms with Gasteiger partial charge in [-0.2, -0.15) is 32.8 Å². The lowest BCUT2D eigenvalue weighted by Crippen LogP contribution is -2.34. The summed E-state index contributed by atoms with van der Waals surface area (Å²) in [6.45, 7) is 2.76. The molecule has 1 aliphatic heterocycles. The molecule has 0 spiro atoms. The molecule has 1 N–H and O–H groups in total. The van der Waals surface area contributed by atoms with E-state index in [0.29, 0.717) is 11.8 Å². The molecule has 1 aliphatic carbocycles. The highest BCUT2D eigenvalue weighted by Gasteiger charge is 2.54. The number of nitrogens with one attached hydrogen (secondary N) is 1. The topological polar surface area (TPSA) is 58.3 Å². The van der Waals surface area contributed by atoms with Gasteiger partial charge < -0.3 is 10.2 Å². The van der Waals surface area contributed by atoms with Gasteiger partial charge in [-0.1, -0.05) is 23.4 Å². The standard InChI is InChI=1S/C22H18ClF5N6/c1-10(22(26,27)28)31-20-18(19(23)32-21-29-9-30-34(20)21)17-15(24)5-11(6-16(17)25)3-4-12-13-7-33(2)8-14(12)13/h5-6,9-10,12-14,31H,7-8H2,1-2H3/t10-,12?,13-,14+/m0/s1. The molecule has 34 heavy (non-hydrogen) atoms. The molecule has 1 saturated heterocycles. The zero-order chi connectivity index (χ0) is 24.4. The molecule has 2 aliphatic rings. The van der Waals surface area contributed by atoms with Crippen molar-refractivity contribution >= 4 is 23.2 Å². The SMILES string of the molecule is C[C@H](Nc1c(-c2c(F)cc(C#CC3[C@H]4CN(C)C[C@@H]34)cc2F)c(Cl)nc2ncnn12)C(F)(F)F. The van der Waals surface area contributed by atoms with Gasteiger partial charge in [-0.25, -0.2) is 8.78 Å². The van der Waals surface area contributed by atoms with E-state index in [2.05, 4.69) is 37.1 Å². The van der Waals surface area contributed by atoms with E-state index < -0.39 is 40.1 Å². The molecule has 2 aromatic heterocycles. The molecule has 2 fully saturated rings. The number of hydrogen-bond acceptors (Lipinski definition) is 5. The molecule has 3 heterocycles. The van der Waals surface area contributed by atoms with Gasteiger partial charge in [0.1, 0.15) is 35.0 Å². The minimum Gasteiger partial charge on any atom is -0.358 e. The fourth-order valence-corrected chi connectivity index (χ4v) is 4.72. The molecule has 12 heteroatoms. The molecule has 1 saturated carbocycles. The summed E-state index contributed by atoms with van der Waals surface area (Å²) in [4.78, 5) is 9.95. The first-order chi connectivity index (χ1) is 16.0. The summed E-state index contributed by atoms with van der Waals surface area (Å²) in [5.74, 6) is 4.49. The van der Waals surface area contributed by atoms with Crippen LogP contribution in [0.25, 0.3) is 16.9 Å². The fraction of sp³-hybridized carbons (Fsp3) is 0.409. The molecule has 1 aromatic carbocycles. The van der Waals surface area contributed by atoms with Crippen LogP contribution in [-0.2, 0) is 0 Å². The third-order valence-electron chi connectivity index (χ3n) is 6.28. The first-order valence-corrected chi connectivity index (χ1v) is 10.8. The van der Waals surface area contributed by atoms with Crippen LogP contribution in [0.5, 0.6) is 0 Å². The van der Waals surface area contributed by atoms with E-state index in [4.69, 9.17) is 11.6 Å². The van der Waals surface area contributed by atoms with Crippen LogP contribution in [0.2, 0.25) is 5.15 Å². The summed E-state index contributed by atoms with van der Waals surface area (Å²) in [6, 6.07) is -0.00584. The largest absolute Gasteiger partial charge is 0.408 e. The Kier molecular flexibility index (Phi) is 5.41. The van der Waals surface area contributed by atoms with Gasteiger partial charge in [-0.15, -0.1) is 0 Å². The molecular formula is C22H18ClF5N6. The molecule has 0 bridgehead atoms. The predicted octanol–water partition coefficient (Wildman–Crippen LogP) is 4.24. The van der Waals surface area contributed by atoms with Gasteiger partial charge in [0, 0.05) is 24.6 Å². The first-order valence-electron chi connectivity index (χ1n) is 10.5. The van der Waals surface area contributed by atoms with Crippen molar-refractivity contribution in [2.45, 2.75) is 19.1 Å². The Bertz CT molecular complexity index is 1310. The summed E-state index contributed by atoms with van der Waals surface area (Å²) >= 11 is 6.18. The van der Waals surface area contributed by atoms with Crippen molar-refractivity contribution in [1.82, 2.24) is 24.5 Å². The van der Waals surface area contributed by atoms with E-state index >= 15 is 8.78 Å². The van der Waals surface area contributed by atoms with Gasteiger partial charge in [0.25, 0.3) is 5.78 Å². The summed E-state index contributed by atoms with van der Waals surface area (Å²) < 4.78 is 71.0. The van der Waals surface area contributed by atoms with Crippen molar-refractivity contribution in [2.24, 2.45) is 17.8 Å². The number of alkyl halides is 3. The number of fused-ring (bicyclic) bond motifs is 2. The van der Waals surface area contributed by atoms with Gasteiger partial charge in [0.15, 0.2) is 0 Å². The number of halogens is 6. The average molecular weight is 497 g/mol. The zero-order valence-electron chi connectivity index (χ0n) is 18.0. The maximum atomic E-state index is 15.2. The van der Waals surface area contributed by atoms with Crippen LogP contribution in [0.15, 0.2) is 18.5 Å². The number of piperidine rings is 1. The maximum Gasteiger partial charge on any atom is 0.408 e. The zero-order valence-corrected chi connectivity index (χ0v) is 18.7. The second-order valence-electron chi connectivity index (χ2n) is 8.66. The Morgan fingerprint density at radius 1 is 1.15 bits per heavy atom. The second-order valence-corrected chi connectivity index (χ2v) is 9.02. The van der Waals surface area contributed by atoms with Crippen molar-refractivity contribution < 1.29 is 22.0 Å². The molecule has 6 nitrogen and oxygen atoms in total. The number of aromatic nitrogens is 4. The van der Waals surface area contributed by atoms with E-state index in [1.165, 1.54) is 0 Å². The summed E-state index contributed by atoms with van der Waals surface area (Å²) in [5.41, 5.74) is -0.909. The Balaban J connectivity index is 1.55. The lowest BCUT2D eigenvalue weighted by molar-refractivity contribution is -0.138. The van der Waals surface area contributed by atoms with Crippen LogP contribution in [0.1, 0.15) is 12.5 Å². The van der Waals surface area contributed by atoms with Crippen LogP contribution in [0.3, 0.4) is 0 Å². The monoisotopic (exact) mass is 496 g/mol. The molecule has 3 aromatic rings. The van der Waals surface area contributed by atoms with Gasteiger partial charge in [-0.05, 0) is 37.9 Å². The van der Waals surface area contributed by atoms with Crippen molar-refractivity contribution in [1.29, 1.82) is 0 Å². The minimum atomic E-state index is -4.65. The van der Waals surface area contributed by atoms with Crippen LogP contribution in [-0.4, -0.2) is 56.8 Å². The Morgan fingerprint density at radius 2 is 1.79 bits per heavy atom. The normalized spacial score (nSPS) is 22.9. The quantitative estimate of drug-likeness (QED) is 0.334. The molecular weight excluding hydrogens is 479 g/mol. The highest BCUT2D eigenvalue weighted by molar-refractivity contribution is 6.33. The molecule has 5 rings (SSSR count). The van der Waals surface area contributed by atoms with Gasteiger partial charge in [0.05, 0.1) is 11.1 Å². The average Bonchev–Trinajstić information content (AvgIpc) is 3.06. The third-order valence-corrected chi connectivity index (χ3v) is 6.55. The summed E-state index contributed by atoms with van der Waals surface area (Å²) in [6.07, 6.45) is -3.60. The number of likely N-dealkylation sites (tertiary alicyclic amines) is 1. The van der Waals surface area contributed by atoms with Gasteiger partial charge >= 0.3 is 6.18 Å². The van der Waals surface area contributed by atoms with Crippen LogP contribution in [0.4, 0.5) is 27.8 Å². The van der Waals surface area contributed by atoms with Crippen molar-refractivity contribution in [3.63, 3.8) is 0 Å². The van der Waals surface area contributed by atoms with E-state index in [1.807, 2.05) is 7.05 Å². The van der Waals surface area contributed by atoms with E-state index in [0.717, 1.165) is 43.0 Å². The number of rotatable bonds is 3. The van der Waals surface area contributed by atoms with Crippen LogP contribution in [0, 0.1) is 41.2 Å². The first kappa shape index (κ1) is 22.8. The smallest absolute Gasteiger partial charge is 0.358 e. The molecule has 0 amide bonds. The van der Waals surface area contributed by atoms with Crippen molar-refractivity contribution in [2.75, 3.05) is 25.5 Å². The Morgan fingerprint density at radius 3 is 2.41 bits per heavy atom. The number of nitrogens with zero attached hydrogens (tertiary/aromatic N) is 5. The highest BCUT2D eigenvalue weighted by atomic mass is 35.5. The highest BCUT2D eigenvalue weighted by Crippen LogP contribution is 2.50. The third kappa shape index (κ3) is 3.95. The maximum absolute atomic E-state index is 15.2. The Hall–Kier alpha value is -2.97. The Labute approximate surface area is 196 Å². The minimum absolute atomic E-state index is 0.126. The number of anilines is 1. The summed E-state index contributed by atoms with van der Waals surface area (Å²) in [7, 11) is 2.04. The summed E-state index contributed by atoms with van der Waals surface area (Å²) in [5, 5.41) is 5.61.